The van der Waals surface area contributed by atoms with Gasteiger partial charge in [-0.15, -0.1) is 0 Å². The summed E-state index contributed by atoms with van der Waals surface area (Å²) in [5, 5.41) is -0.0343. The molecule has 6 rings (SSSR count). The summed E-state index contributed by atoms with van der Waals surface area (Å²) in [5.74, 6) is -0.0396. The van der Waals surface area contributed by atoms with Gasteiger partial charge in [-0.25, -0.2) is 26.7 Å². The number of fused-ring (bicyclic) bond motifs is 2. The molecule has 0 saturated carbocycles. The quantitative estimate of drug-likeness (QED) is 0.208. The lowest BCUT2D eigenvalue weighted by molar-refractivity contribution is 0.269. The number of halogens is 2. The van der Waals surface area contributed by atoms with Crippen molar-refractivity contribution in [3.63, 3.8) is 0 Å². The topological polar surface area (TPSA) is 94.7 Å². The van der Waals surface area contributed by atoms with Gasteiger partial charge in [0.2, 0.25) is 0 Å². The van der Waals surface area contributed by atoms with E-state index in [0.717, 1.165) is 66.8 Å². The predicted molar refractivity (Wildman–Crippen MR) is 173 cm³/mol. The van der Waals surface area contributed by atoms with Crippen molar-refractivity contribution in [3.05, 3.63) is 65.2 Å². The van der Waals surface area contributed by atoms with Crippen molar-refractivity contribution in [3.8, 4) is 22.9 Å². The van der Waals surface area contributed by atoms with E-state index in [1.54, 1.807) is 37.4 Å². The Morgan fingerprint density at radius 2 is 1.80 bits per heavy atom. The van der Waals surface area contributed by atoms with Crippen molar-refractivity contribution in [2.75, 3.05) is 54.0 Å². The molecule has 0 radical (unpaired) electrons. The van der Waals surface area contributed by atoms with Crippen LogP contribution in [-0.2, 0) is 16.6 Å². The van der Waals surface area contributed by atoms with Crippen molar-refractivity contribution < 1.29 is 22.3 Å². The molecule has 5 aromatic rings. The first-order chi connectivity index (χ1) is 21.6. The first-order valence-corrected chi connectivity index (χ1v) is 16.6. The molecule has 0 N–H and O–H groups in total. The first kappa shape index (κ1) is 31.3. The van der Waals surface area contributed by atoms with Crippen LogP contribution in [-0.4, -0.2) is 90.7 Å². The van der Waals surface area contributed by atoms with E-state index < -0.39 is 15.8 Å². The minimum Gasteiger partial charge on any atom is -0.491 e. The third kappa shape index (κ3) is 5.87. The van der Waals surface area contributed by atoms with Gasteiger partial charge in [0, 0.05) is 42.8 Å². The Balaban J connectivity index is 1.52. The molecule has 1 aliphatic heterocycles. The van der Waals surface area contributed by atoms with Crippen LogP contribution in [0.3, 0.4) is 0 Å². The Morgan fingerprint density at radius 1 is 1.02 bits per heavy atom. The molecule has 1 aromatic carbocycles. The number of aromatic nitrogens is 4. The first-order valence-electron chi connectivity index (χ1n) is 14.8. The Bertz CT molecular complexity index is 1980. The van der Waals surface area contributed by atoms with E-state index in [9.17, 15) is 12.8 Å². The highest BCUT2D eigenvalue weighted by molar-refractivity contribution is 7.90. The van der Waals surface area contributed by atoms with Crippen LogP contribution in [0.1, 0.15) is 18.4 Å². The SMILES string of the molecule is COc1cc2c(nc1OC)c(-c1cc3c(Cl)c(F)cnc3n1S(=O)(=O)c1ccc(C)cc1)cn2CCCN1CCCN(C)CC1. The standard InChI is InChI=1S/C32H36ClFN6O4S/c1-21-7-9-22(10-8-21)45(41,42)40-26(17-23-29(33)25(34)19-35-31(23)40)24-20-39(14-6-13-38-12-5-11-37(2)15-16-38)27-18-28(43-3)32(44-4)36-30(24)27/h7-10,17-20H,5-6,11-16H2,1-4H3. The van der Waals surface area contributed by atoms with E-state index in [1.807, 2.05) is 19.2 Å². The Hall–Kier alpha value is -3.71. The van der Waals surface area contributed by atoms with Crippen LogP contribution in [0.25, 0.3) is 33.3 Å². The summed E-state index contributed by atoms with van der Waals surface area (Å²) in [6.45, 7) is 7.65. The zero-order valence-corrected chi connectivity index (χ0v) is 27.3. The lowest BCUT2D eigenvalue weighted by Gasteiger charge is -2.20. The fraction of sp³-hybridized carbons (Fsp3) is 0.375. The fourth-order valence-electron chi connectivity index (χ4n) is 5.94. The normalized spacial score (nSPS) is 15.2. The summed E-state index contributed by atoms with van der Waals surface area (Å²) in [7, 11) is 0.992. The van der Waals surface area contributed by atoms with E-state index in [4.69, 9.17) is 26.1 Å². The maximum absolute atomic E-state index is 14.6. The largest absolute Gasteiger partial charge is 0.491 e. The number of pyridine rings is 2. The number of nitrogens with zero attached hydrogens (tertiary/aromatic N) is 6. The van der Waals surface area contributed by atoms with Gasteiger partial charge in [-0.1, -0.05) is 29.3 Å². The molecule has 1 fully saturated rings. The third-order valence-electron chi connectivity index (χ3n) is 8.40. The van der Waals surface area contributed by atoms with Crippen LogP contribution in [0, 0.1) is 12.7 Å². The van der Waals surface area contributed by atoms with Gasteiger partial charge in [0.1, 0.15) is 5.52 Å². The molecule has 0 bridgehead atoms. The van der Waals surface area contributed by atoms with E-state index in [2.05, 4.69) is 26.4 Å². The molecule has 45 heavy (non-hydrogen) atoms. The number of ether oxygens (including phenoxy) is 2. The average Bonchev–Trinajstić information content (AvgIpc) is 3.52. The molecule has 1 aliphatic rings. The van der Waals surface area contributed by atoms with E-state index in [-0.39, 0.29) is 32.5 Å². The molecule has 5 heterocycles. The highest BCUT2D eigenvalue weighted by Gasteiger charge is 2.29. The van der Waals surface area contributed by atoms with Gasteiger partial charge in [-0.05, 0) is 64.6 Å². The van der Waals surface area contributed by atoms with E-state index >= 15 is 0 Å². The molecule has 13 heteroatoms. The van der Waals surface area contributed by atoms with Crippen LogP contribution >= 0.6 is 11.6 Å². The Kier molecular flexibility index (Phi) is 8.75. The van der Waals surface area contributed by atoms with Crippen molar-refractivity contribution >= 4 is 43.7 Å². The molecule has 0 atom stereocenters. The van der Waals surface area contributed by atoms with E-state index in [0.29, 0.717) is 23.4 Å². The smallest absolute Gasteiger partial charge is 0.269 e. The van der Waals surface area contributed by atoms with Crippen molar-refractivity contribution in [1.29, 1.82) is 0 Å². The minimum absolute atomic E-state index is 0.0180. The molecule has 0 spiro atoms. The summed E-state index contributed by atoms with van der Waals surface area (Å²) in [6.07, 6.45) is 4.81. The fourth-order valence-corrected chi connectivity index (χ4v) is 7.60. The Morgan fingerprint density at radius 3 is 2.53 bits per heavy atom. The molecule has 4 aromatic heterocycles. The van der Waals surface area contributed by atoms with Gasteiger partial charge in [0.15, 0.2) is 17.2 Å². The van der Waals surface area contributed by atoms with Crippen LogP contribution in [0.4, 0.5) is 4.39 Å². The number of benzene rings is 1. The minimum atomic E-state index is -4.21. The lowest BCUT2D eigenvalue weighted by Crippen LogP contribution is -2.30. The highest BCUT2D eigenvalue weighted by atomic mass is 35.5. The number of methoxy groups -OCH3 is 2. The van der Waals surface area contributed by atoms with Crippen LogP contribution in [0.2, 0.25) is 5.02 Å². The molecule has 10 nitrogen and oxygen atoms in total. The molecule has 0 amide bonds. The number of likely N-dealkylation sites (N-methyl/N-ethyl adjacent to an activating group) is 1. The number of rotatable bonds is 9. The van der Waals surface area contributed by atoms with Gasteiger partial charge in [-0.3, -0.25) is 0 Å². The second-order valence-electron chi connectivity index (χ2n) is 11.4. The van der Waals surface area contributed by atoms with Crippen molar-refractivity contribution in [2.24, 2.45) is 0 Å². The summed E-state index contributed by atoms with van der Waals surface area (Å²) in [5.41, 5.74) is 2.94. The monoisotopic (exact) mass is 654 g/mol. The van der Waals surface area contributed by atoms with Gasteiger partial charge < -0.3 is 23.8 Å². The molecule has 0 unspecified atom stereocenters. The van der Waals surface area contributed by atoms with Gasteiger partial charge >= 0.3 is 0 Å². The number of aryl methyl sites for hydroxylation is 2. The molecule has 1 saturated heterocycles. The maximum Gasteiger partial charge on any atom is 0.269 e. The molecular weight excluding hydrogens is 619 g/mol. The third-order valence-corrected chi connectivity index (χ3v) is 10.5. The molecular formula is C32H36ClFN6O4S. The summed E-state index contributed by atoms with van der Waals surface area (Å²) < 4.78 is 57.5. The predicted octanol–water partition coefficient (Wildman–Crippen LogP) is 5.44. The number of hydrogen-bond acceptors (Lipinski definition) is 8. The average molecular weight is 655 g/mol. The second kappa shape index (κ2) is 12.6. The van der Waals surface area contributed by atoms with E-state index in [1.165, 1.54) is 7.11 Å². The van der Waals surface area contributed by atoms with Gasteiger partial charge in [0.05, 0.1) is 41.5 Å². The zero-order valence-electron chi connectivity index (χ0n) is 25.8. The molecule has 0 aliphatic carbocycles. The van der Waals surface area contributed by atoms with Crippen molar-refractivity contribution in [1.82, 2.24) is 28.3 Å². The van der Waals surface area contributed by atoms with Crippen molar-refractivity contribution in [2.45, 2.75) is 31.2 Å². The van der Waals surface area contributed by atoms with Crippen LogP contribution in [0.15, 0.2) is 53.7 Å². The number of hydrogen-bond donors (Lipinski definition) is 0. The summed E-state index contributed by atoms with van der Waals surface area (Å²) >= 11 is 6.40. The Labute approximate surface area is 267 Å². The second-order valence-corrected chi connectivity index (χ2v) is 13.6. The lowest BCUT2D eigenvalue weighted by atomic mass is 10.2. The van der Waals surface area contributed by atoms with Crippen LogP contribution < -0.4 is 9.47 Å². The maximum atomic E-state index is 14.6. The molecule has 238 valence electrons. The summed E-state index contributed by atoms with van der Waals surface area (Å²) in [6, 6.07) is 9.95. The van der Waals surface area contributed by atoms with Crippen LogP contribution in [0.5, 0.6) is 11.6 Å². The highest BCUT2D eigenvalue weighted by Crippen LogP contribution is 2.40. The zero-order chi connectivity index (χ0) is 31.9. The van der Waals surface area contributed by atoms with Gasteiger partial charge in [0.25, 0.3) is 15.9 Å². The van der Waals surface area contributed by atoms with Gasteiger partial charge in [-0.2, -0.15) is 0 Å². The summed E-state index contributed by atoms with van der Waals surface area (Å²) in [4.78, 5) is 13.9.